The summed E-state index contributed by atoms with van der Waals surface area (Å²) in [5, 5.41) is 12.6. The normalized spacial score (nSPS) is 16.9. The Bertz CT molecular complexity index is 496. The van der Waals surface area contributed by atoms with E-state index >= 15 is 0 Å². The molecule has 0 saturated heterocycles. The van der Waals surface area contributed by atoms with Crippen LogP contribution in [0, 0.1) is 5.92 Å². The highest BCUT2D eigenvalue weighted by atomic mass is 16.3. The van der Waals surface area contributed by atoms with E-state index in [1.54, 1.807) is 0 Å². The summed E-state index contributed by atoms with van der Waals surface area (Å²) >= 11 is 0. The molecule has 0 heterocycles. The van der Waals surface area contributed by atoms with Gasteiger partial charge < -0.3 is 15.3 Å². The second-order valence-electron chi connectivity index (χ2n) is 6.43. The van der Waals surface area contributed by atoms with Gasteiger partial charge in [0.1, 0.15) is 0 Å². The number of benzene rings is 1. The van der Waals surface area contributed by atoms with Crippen LogP contribution in [0.1, 0.15) is 50.4 Å². The van der Waals surface area contributed by atoms with Crippen molar-refractivity contribution < 1.29 is 9.90 Å². The molecule has 0 aromatic heterocycles. The smallest absolute Gasteiger partial charge is 0.251 e. The fourth-order valence-electron chi connectivity index (χ4n) is 2.89. The highest BCUT2D eigenvalue weighted by Gasteiger charge is 2.42. The van der Waals surface area contributed by atoms with Gasteiger partial charge in [0.05, 0.1) is 12.1 Å². The van der Waals surface area contributed by atoms with Crippen LogP contribution in [0.15, 0.2) is 24.3 Å². The van der Waals surface area contributed by atoms with Crippen molar-refractivity contribution in [3.05, 3.63) is 29.8 Å². The average Bonchev–Trinajstić information content (AvgIpc) is 3.38. The Hall–Kier alpha value is -1.55. The number of aliphatic hydroxyl groups is 1. The quantitative estimate of drug-likeness (QED) is 0.776. The minimum atomic E-state index is -0.493. The fourth-order valence-corrected chi connectivity index (χ4v) is 2.89. The molecule has 1 aliphatic carbocycles. The first kappa shape index (κ1) is 16.8. The van der Waals surface area contributed by atoms with Gasteiger partial charge in [0.15, 0.2) is 0 Å². The van der Waals surface area contributed by atoms with Gasteiger partial charge in [-0.15, -0.1) is 0 Å². The van der Waals surface area contributed by atoms with Crippen LogP contribution >= 0.6 is 0 Å². The molecule has 1 atom stereocenters. The van der Waals surface area contributed by atoms with E-state index in [9.17, 15) is 9.90 Å². The van der Waals surface area contributed by atoms with Gasteiger partial charge in [-0.25, -0.2) is 0 Å². The maximum absolute atomic E-state index is 12.4. The third kappa shape index (κ3) is 3.80. The number of carbonyl (C=O) groups excluding carboxylic acids is 1. The van der Waals surface area contributed by atoms with Gasteiger partial charge in [-0.05, 0) is 63.3 Å². The first-order valence-corrected chi connectivity index (χ1v) is 8.32. The third-order valence-electron chi connectivity index (χ3n) is 4.58. The zero-order valence-corrected chi connectivity index (χ0v) is 13.9. The van der Waals surface area contributed by atoms with Crippen LogP contribution in [0.4, 0.5) is 5.69 Å². The predicted octanol–water partition coefficient (Wildman–Crippen LogP) is 2.81. The molecule has 0 radical (unpaired) electrons. The lowest BCUT2D eigenvalue weighted by Crippen LogP contribution is -2.50. The van der Waals surface area contributed by atoms with Crippen molar-refractivity contribution in [2.45, 2.75) is 45.6 Å². The van der Waals surface area contributed by atoms with E-state index in [0.29, 0.717) is 11.5 Å². The summed E-state index contributed by atoms with van der Waals surface area (Å²) in [7, 11) is 0. The Kier molecular flexibility index (Phi) is 5.46. The first-order valence-electron chi connectivity index (χ1n) is 8.32. The van der Waals surface area contributed by atoms with Crippen molar-refractivity contribution in [3.63, 3.8) is 0 Å². The molecule has 22 heavy (non-hydrogen) atoms. The molecule has 1 saturated carbocycles. The SMILES string of the molecule is CCCN(CC)c1ccc(C(=O)NC(C)(CO)C2CC2)cc1. The van der Waals surface area contributed by atoms with E-state index < -0.39 is 5.54 Å². The average molecular weight is 304 g/mol. The minimum Gasteiger partial charge on any atom is -0.394 e. The summed E-state index contributed by atoms with van der Waals surface area (Å²) in [5.41, 5.74) is 1.30. The van der Waals surface area contributed by atoms with Crippen molar-refractivity contribution in [2.24, 2.45) is 5.92 Å². The van der Waals surface area contributed by atoms with E-state index in [1.807, 2.05) is 31.2 Å². The summed E-state index contributed by atoms with van der Waals surface area (Å²) in [6.07, 6.45) is 3.27. The molecule has 2 rings (SSSR count). The molecule has 2 N–H and O–H groups in total. The number of nitrogens with zero attached hydrogens (tertiary/aromatic N) is 1. The van der Waals surface area contributed by atoms with Gasteiger partial charge in [-0.2, -0.15) is 0 Å². The molecule has 0 spiro atoms. The van der Waals surface area contributed by atoms with Crippen LogP contribution in [0.25, 0.3) is 0 Å². The number of amides is 1. The van der Waals surface area contributed by atoms with Gasteiger partial charge in [0.2, 0.25) is 0 Å². The van der Waals surface area contributed by atoms with Crippen molar-refractivity contribution >= 4 is 11.6 Å². The van der Waals surface area contributed by atoms with Crippen molar-refractivity contribution in [1.82, 2.24) is 5.32 Å². The van der Waals surface area contributed by atoms with Crippen LogP contribution in [-0.4, -0.2) is 36.2 Å². The topological polar surface area (TPSA) is 52.6 Å². The Morgan fingerprint density at radius 1 is 1.32 bits per heavy atom. The molecular formula is C18H28N2O2. The van der Waals surface area contributed by atoms with E-state index in [4.69, 9.17) is 0 Å². The molecule has 1 aromatic rings. The molecular weight excluding hydrogens is 276 g/mol. The van der Waals surface area contributed by atoms with Crippen molar-refractivity contribution in [1.29, 1.82) is 0 Å². The highest BCUT2D eigenvalue weighted by Crippen LogP contribution is 2.39. The van der Waals surface area contributed by atoms with Crippen LogP contribution in [0.2, 0.25) is 0 Å². The number of hydrogen-bond acceptors (Lipinski definition) is 3. The summed E-state index contributed by atoms with van der Waals surface area (Å²) in [6.45, 7) is 8.20. The van der Waals surface area contributed by atoms with E-state index in [-0.39, 0.29) is 12.5 Å². The van der Waals surface area contributed by atoms with Gasteiger partial charge in [-0.3, -0.25) is 4.79 Å². The minimum absolute atomic E-state index is 0.0123. The number of hydrogen-bond donors (Lipinski definition) is 2. The highest BCUT2D eigenvalue weighted by molar-refractivity contribution is 5.95. The van der Waals surface area contributed by atoms with Gasteiger partial charge in [0.25, 0.3) is 5.91 Å². The Morgan fingerprint density at radius 2 is 1.95 bits per heavy atom. The molecule has 1 fully saturated rings. The summed E-state index contributed by atoms with van der Waals surface area (Å²) in [6, 6.07) is 7.74. The molecule has 4 heteroatoms. The number of rotatable bonds is 8. The number of nitrogens with one attached hydrogen (secondary N) is 1. The number of aliphatic hydroxyl groups excluding tert-OH is 1. The Labute approximate surface area is 133 Å². The van der Waals surface area contributed by atoms with Crippen LogP contribution in [-0.2, 0) is 0 Å². The van der Waals surface area contributed by atoms with E-state index in [1.165, 1.54) is 0 Å². The second-order valence-corrected chi connectivity index (χ2v) is 6.43. The first-order chi connectivity index (χ1) is 10.5. The zero-order chi connectivity index (χ0) is 16.2. The van der Waals surface area contributed by atoms with Crippen LogP contribution in [0.3, 0.4) is 0 Å². The molecule has 1 amide bonds. The standard InChI is InChI=1S/C18H28N2O2/c1-4-12-20(5-2)16-10-6-14(7-11-16)17(22)19-18(3,13-21)15-8-9-15/h6-7,10-11,15,21H,4-5,8-9,12-13H2,1-3H3,(H,19,22). The van der Waals surface area contributed by atoms with Gasteiger partial charge >= 0.3 is 0 Å². The van der Waals surface area contributed by atoms with Gasteiger partial charge in [-0.1, -0.05) is 6.92 Å². The zero-order valence-electron chi connectivity index (χ0n) is 13.9. The fraction of sp³-hybridized carbons (Fsp3) is 0.611. The summed E-state index contributed by atoms with van der Waals surface area (Å²) in [5.74, 6) is 0.300. The number of carbonyl (C=O) groups is 1. The predicted molar refractivity (Wildman–Crippen MR) is 90.3 cm³/mol. The van der Waals surface area contributed by atoms with Crippen LogP contribution in [0.5, 0.6) is 0 Å². The maximum Gasteiger partial charge on any atom is 0.251 e. The van der Waals surface area contributed by atoms with Crippen LogP contribution < -0.4 is 10.2 Å². The van der Waals surface area contributed by atoms with Gasteiger partial charge in [0, 0.05) is 24.3 Å². The molecule has 122 valence electrons. The van der Waals surface area contributed by atoms with E-state index in [2.05, 4.69) is 24.1 Å². The molecule has 4 nitrogen and oxygen atoms in total. The molecule has 0 aliphatic heterocycles. The molecule has 0 bridgehead atoms. The lowest BCUT2D eigenvalue weighted by atomic mass is 9.96. The lowest BCUT2D eigenvalue weighted by Gasteiger charge is -2.29. The summed E-state index contributed by atoms with van der Waals surface area (Å²) < 4.78 is 0. The van der Waals surface area contributed by atoms with Crippen molar-refractivity contribution in [2.75, 3.05) is 24.6 Å². The summed E-state index contributed by atoms with van der Waals surface area (Å²) in [4.78, 5) is 14.7. The van der Waals surface area contributed by atoms with Crippen molar-refractivity contribution in [3.8, 4) is 0 Å². The molecule has 1 unspecified atom stereocenters. The Balaban J connectivity index is 2.04. The third-order valence-corrected chi connectivity index (χ3v) is 4.58. The van der Waals surface area contributed by atoms with E-state index in [0.717, 1.165) is 38.0 Å². The monoisotopic (exact) mass is 304 g/mol. The maximum atomic E-state index is 12.4. The number of anilines is 1. The molecule has 1 aliphatic rings. The lowest BCUT2D eigenvalue weighted by molar-refractivity contribution is 0.0824. The Morgan fingerprint density at radius 3 is 2.41 bits per heavy atom. The molecule has 1 aromatic carbocycles. The largest absolute Gasteiger partial charge is 0.394 e. The second kappa shape index (κ2) is 7.14.